The van der Waals surface area contributed by atoms with Crippen molar-refractivity contribution >= 4 is 23.3 Å². The zero-order valence-electron chi connectivity index (χ0n) is 12.1. The van der Waals surface area contributed by atoms with Gasteiger partial charge in [-0.1, -0.05) is 28.9 Å². The molecule has 126 valence electrons. The van der Waals surface area contributed by atoms with Gasteiger partial charge in [0.1, 0.15) is 5.82 Å². The standard InChI is InChI=1S/C16H11ClF3NO3/c17-9-3-1-8(2-4-9)10-7-11(18)14(16(20)15(10)19)12(21-24)5-6-13(22)23/h1-4,7,24H,5-6H2,(H,22,23)/b21-12+. The highest BCUT2D eigenvalue weighted by Crippen LogP contribution is 2.30. The summed E-state index contributed by atoms with van der Waals surface area (Å²) in [5, 5.41) is 20.5. The Bertz CT molecular complexity index is 807. The van der Waals surface area contributed by atoms with Crippen molar-refractivity contribution in [1.29, 1.82) is 0 Å². The van der Waals surface area contributed by atoms with E-state index in [0.717, 1.165) is 6.07 Å². The van der Waals surface area contributed by atoms with Crippen LogP contribution in [0.25, 0.3) is 11.1 Å². The highest BCUT2D eigenvalue weighted by molar-refractivity contribution is 6.30. The van der Waals surface area contributed by atoms with Crippen LogP contribution in [0.2, 0.25) is 5.02 Å². The SMILES string of the molecule is O=C(O)CC/C(=N\O)c1c(F)cc(-c2ccc(Cl)cc2)c(F)c1F. The molecule has 0 atom stereocenters. The molecule has 2 N–H and O–H groups in total. The molecular weight excluding hydrogens is 347 g/mol. The first-order valence-electron chi connectivity index (χ1n) is 6.71. The smallest absolute Gasteiger partial charge is 0.303 e. The number of nitrogens with zero attached hydrogens (tertiary/aromatic N) is 1. The van der Waals surface area contributed by atoms with Crippen molar-refractivity contribution < 1.29 is 28.3 Å². The minimum Gasteiger partial charge on any atom is -0.481 e. The Balaban J connectivity index is 2.51. The highest BCUT2D eigenvalue weighted by atomic mass is 35.5. The predicted molar refractivity (Wildman–Crippen MR) is 82.0 cm³/mol. The van der Waals surface area contributed by atoms with E-state index in [0.29, 0.717) is 5.02 Å². The Labute approximate surface area is 139 Å². The van der Waals surface area contributed by atoms with Gasteiger partial charge in [-0.25, -0.2) is 13.2 Å². The zero-order chi connectivity index (χ0) is 17.9. The molecule has 0 saturated heterocycles. The maximum absolute atomic E-state index is 14.3. The number of halogens is 4. The average Bonchev–Trinajstić information content (AvgIpc) is 2.54. The molecule has 0 amide bonds. The molecule has 0 bridgehead atoms. The minimum atomic E-state index is -1.56. The van der Waals surface area contributed by atoms with Crippen LogP contribution in [0.15, 0.2) is 35.5 Å². The molecule has 0 aliphatic carbocycles. The molecule has 8 heteroatoms. The van der Waals surface area contributed by atoms with Crippen molar-refractivity contribution in [2.75, 3.05) is 0 Å². The van der Waals surface area contributed by atoms with Gasteiger partial charge in [-0.15, -0.1) is 0 Å². The van der Waals surface area contributed by atoms with Crippen molar-refractivity contribution in [1.82, 2.24) is 0 Å². The van der Waals surface area contributed by atoms with Crippen molar-refractivity contribution in [2.24, 2.45) is 5.16 Å². The molecular formula is C16H11ClF3NO3. The molecule has 4 nitrogen and oxygen atoms in total. The lowest BCUT2D eigenvalue weighted by Gasteiger charge is -2.11. The fraction of sp³-hybridized carbons (Fsp3) is 0.125. The molecule has 0 aliphatic rings. The van der Waals surface area contributed by atoms with Crippen LogP contribution in [0.1, 0.15) is 18.4 Å². The van der Waals surface area contributed by atoms with Gasteiger partial charge in [0.2, 0.25) is 0 Å². The number of aliphatic carboxylic acids is 1. The van der Waals surface area contributed by atoms with E-state index in [1.54, 1.807) is 0 Å². The Hall–Kier alpha value is -2.54. The largest absolute Gasteiger partial charge is 0.481 e. The monoisotopic (exact) mass is 357 g/mol. The maximum atomic E-state index is 14.3. The summed E-state index contributed by atoms with van der Waals surface area (Å²) in [6.07, 6.45) is -0.988. The van der Waals surface area contributed by atoms with Gasteiger partial charge >= 0.3 is 5.97 Å². The van der Waals surface area contributed by atoms with Crippen LogP contribution in [0.3, 0.4) is 0 Å². The number of carbonyl (C=O) groups is 1. The Morgan fingerprint density at radius 3 is 2.25 bits per heavy atom. The van der Waals surface area contributed by atoms with Gasteiger partial charge in [-0.3, -0.25) is 4.79 Å². The van der Waals surface area contributed by atoms with Crippen LogP contribution in [-0.4, -0.2) is 22.0 Å². The fourth-order valence-corrected chi connectivity index (χ4v) is 2.28. The summed E-state index contributed by atoms with van der Waals surface area (Å²) in [6.45, 7) is 0. The number of rotatable bonds is 5. The van der Waals surface area contributed by atoms with E-state index in [2.05, 4.69) is 5.16 Å². The highest BCUT2D eigenvalue weighted by Gasteiger charge is 2.24. The first-order valence-corrected chi connectivity index (χ1v) is 7.09. The average molecular weight is 358 g/mol. The summed E-state index contributed by atoms with van der Waals surface area (Å²) in [6, 6.07) is 6.42. The van der Waals surface area contributed by atoms with Crippen LogP contribution in [0.4, 0.5) is 13.2 Å². The molecule has 2 aromatic rings. The number of hydrogen-bond acceptors (Lipinski definition) is 3. The van der Waals surface area contributed by atoms with Gasteiger partial charge in [-0.05, 0) is 23.8 Å². The van der Waals surface area contributed by atoms with E-state index in [9.17, 15) is 18.0 Å². The summed E-state index contributed by atoms with van der Waals surface area (Å²) < 4.78 is 42.8. The van der Waals surface area contributed by atoms with Crippen molar-refractivity contribution in [3.8, 4) is 11.1 Å². The van der Waals surface area contributed by atoms with E-state index in [-0.39, 0.29) is 11.1 Å². The van der Waals surface area contributed by atoms with Gasteiger partial charge in [0.15, 0.2) is 11.6 Å². The lowest BCUT2D eigenvalue weighted by molar-refractivity contribution is -0.136. The topological polar surface area (TPSA) is 69.9 Å². The second kappa shape index (κ2) is 7.35. The zero-order valence-corrected chi connectivity index (χ0v) is 12.8. The number of hydrogen-bond donors (Lipinski definition) is 2. The lowest BCUT2D eigenvalue weighted by Crippen LogP contribution is -2.12. The van der Waals surface area contributed by atoms with E-state index < -0.39 is 47.5 Å². The van der Waals surface area contributed by atoms with Crippen molar-refractivity contribution in [2.45, 2.75) is 12.8 Å². The molecule has 0 aliphatic heterocycles. The molecule has 0 aromatic heterocycles. The quantitative estimate of drug-likeness (QED) is 0.359. The van der Waals surface area contributed by atoms with Gasteiger partial charge in [0.25, 0.3) is 0 Å². The number of oxime groups is 1. The molecule has 0 saturated carbocycles. The summed E-state index contributed by atoms with van der Waals surface area (Å²) >= 11 is 5.71. The van der Waals surface area contributed by atoms with Gasteiger partial charge in [0.05, 0.1) is 17.7 Å². The molecule has 0 spiro atoms. The summed E-state index contributed by atoms with van der Waals surface area (Å²) in [7, 11) is 0. The van der Waals surface area contributed by atoms with E-state index >= 15 is 0 Å². The Kier molecular flexibility index (Phi) is 5.46. The van der Waals surface area contributed by atoms with Crippen LogP contribution in [0.5, 0.6) is 0 Å². The Morgan fingerprint density at radius 2 is 1.71 bits per heavy atom. The number of benzene rings is 2. The summed E-state index contributed by atoms with van der Waals surface area (Å²) in [5.74, 6) is -5.32. The van der Waals surface area contributed by atoms with Crippen LogP contribution in [-0.2, 0) is 4.79 Å². The van der Waals surface area contributed by atoms with Gasteiger partial charge < -0.3 is 10.3 Å². The number of carboxylic acid groups (broad SMARTS) is 1. The van der Waals surface area contributed by atoms with Crippen LogP contribution < -0.4 is 0 Å². The molecule has 24 heavy (non-hydrogen) atoms. The molecule has 0 fully saturated rings. The fourth-order valence-electron chi connectivity index (χ4n) is 2.15. The molecule has 0 unspecified atom stereocenters. The molecule has 2 rings (SSSR count). The first kappa shape index (κ1) is 17.8. The first-order chi connectivity index (χ1) is 11.3. The van der Waals surface area contributed by atoms with Crippen LogP contribution in [0, 0.1) is 17.5 Å². The lowest BCUT2D eigenvalue weighted by atomic mass is 9.98. The normalized spacial score (nSPS) is 11.6. The third-order valence-electron chi connectivity index (χ3n) is 3.30. The molecule has 2 aromatic carbocycles. The second-order valence-electron chi connectivity index (χ2n) is 4.86. The third-order valence-corrected chi connectivity index (χ3v) is 3.55. The Morgan fingerprint density at radius 1 is 1.08 bits per heavy atom. The molecule has 0 heterocycles. The van der Waals surface area contributed by atoms with Crippen LogP contribution >= 0.6 is 11.6 Å². The third kappa shape index (κ3) is 3.68. The second-order valence-corrected chi connectivity index (χ2v) is 5.29. The van der Waals surface area contributed by atoms with E-state index in [4.69, 9.17) is 21.9 Å². The number of carboxylic acids is 1. The van der Waals surface area contributed by atoms with Crippen molar-refractivity contribution in [3.63, 3.8) is 0 Å². The summed E-state index contributed by atoms with van der Waals surface area (Å²) in [5.41, 5.74) is -1.61. The summed E-state index contributed by atoms with van der Waals surface area (Å²) in [4.78, 5) is 10.5. The van der Waals surface area contributed by atoms with E-state index in [1.165, 1.54) is 24.3 Å². The van der Waals surface area contributed by atoms with Gasteiger partial charge in [-0.2, -0.15) is 0 Å². The molecule has 0 radical (unpaired) electrons. The predicted octanol–water partition coefficient (Wildman–Crippen LogP) is 4.47. The van der Waals surface area contributed by atoms with E-state index in [1.807, 2.05) is 0 Å². The minimum absolute atomic E-state index is 0.203. The van der Waals surface area contributed by atoms with Crippen molar-refractivity contribution in [3.05, 3.63) is 58.4 Å². The van der Waals surface area contributed by atoms with Gasteiger partial charge in [0, 0.05) is 17.0 Å². The maximum Gasteiger partial charge on any atom is 0.303 e.